The molecule has 4 rings (SSSR count). The molecule has 0 bridgehead atoms. The number of methoxy groups -OCH3 is 1. The van der Waals surface area contributed by atoms with Crippen molar-refractivity contribution in [1.29, 1.82) is 0 Å². The van der Waals surface area contributed by atoms with Crippen LogP contribution >= 0.6 is 0 Å². The highest BCUT2D eigenvalue weighted by Crippen LogP contribution is 2.33. The van der Waals surface area contributed by atoms with Crippen molar-refractivity contribution < 1.29 is 28.5 Å². The van der Waals surface area contributed by atoms with Crippen LogP contribution in [0.4, 0.5) is 8.78 Å². The van der Waals surface area contributed by atoms with Crippen LogP contribution in [0, 0.1) is 0 Å². The number of aromatic nitrogens is 1. The molecule has 0 saturated heterocycles. The first-order valence-electron chi connectivity index (χ1n) is 11.8. The number of ether oxygens (including phenoxy) is 2. The number of rotatable bonds is 11. The lowest BCUT2D eigenvalue weighted by atomic mass is 10.1. The highest BCUT2D eigenvalue weighted by atomic mass is 19.3. The van der Waals surface area contributed by atoms with E-state index >= 15 is 0 Å². The zero-order valence-electron chi connectivity index (χ0n) is 20.2. The Kier molecular flexibility index (Phi) is 8.05. The van der Waals surface area contributed by atoms with Crippen molar-refractivity contribution in [3.05, 3.63) is 100 Å². The molecule has 0 saturated carbocycles. The van der Waals surface area contributed by atoms with Crippen LogP contribution < -0.4 is 20.3 Å². The lowest BCUT2D eigenvalue weighted by Crippen LogP contribution is -2.32. The summed E-state index contributed by atoms with van der Waals surface area (Å²) in [7, 11) is 1.44. The number of hydrogen-bond acceptors (Lipinski definition) is 6. The molecule has 0 amide bonds. The van der Waals surface area contributed by atoms with Crippen molar-refractivity contribution in [2.45, 2.75) is 18.6 Å². The molecule has 1 atom stereocenters. The fourth-order valence-corrected chi connectivity index (χ4v) is 4.07. The summed E-state index contributed by atoms with van der Waals surface area (Å²) >= 11 is 0. The molecule has 0 aliphatic carbocycles. The zero-order chi connectivity index (χ0) is 26.4. The van der Waals surface area contributed by atoms with Gasteiger partial charge in [-0.05, 0) is 42.8 Å². The summed E-state index contributed by atoms with van der Waals surface area (Å²) in [4.78, 5) is 12.4. The molecule has 0 radical (unpaired) electrons. The van der Waals surface area contributed by atoms with Gasteiger partial charge in [0.2, 0.25) is 0 Å². The second kappa shape index (κ2) is 11.4. The molecule has 0 fully saturated rings. The van der Waals surface area contributed by atoms with E-state index in [-0.39, 0.29) is 29.1 Å². The predicted octanol–water partition coefficient (Wildman–Crippen LogP) is 4.21. The number of aromatic hydroxyl groups is 1. The number of phenols is 1. The molecule has 194 valence electrons. The predicted molar refractivity (Wildman–Crippen MR) is 137 cm³/mol. The van der Waals surface area contributed by atoms with Gasteiger partial charge in [-0.3, -0.25) is 9.36 Å². The molecule has 9 heteroatoms. The summed E-state index contributed by atoms with van der Waals surface area (Å²) in [6.45, 7) is -0.298. The van der Waals surface area contributed by atoms with Crippen molar-refractivity contribution in [2.75, 3.05) is 26.8 Å². The molecule has 0 aliphatic rings. The quantitative estimate of drug-likeness (QED) is 0.262. The third-order valence-electron chi connectivity index (χ3n) is 5.98. The zero-order valence-corrected chi connectivity index (χ0v) is 20.2. The van der Waals surface area contributed by atoms with Gasteiger partial charge in [0.25, 0.3) is 5.56 Å². The minimum absolute atomic E-state index is 0.0697. The normalized spacial score (nSPS) is 12.4. The summed E-state index contributed by atoms with van der Waals surface area (Å²) in [5.41, 5.74) is 0.574. The molecule has 3 aromatic carbocycles. The van der Waals surface area contributed by atoms with Crippen LogP contribution in [0.2, 0.25) is 0 Å². The summed E-state index contributed by atoms with van der Waals surface area (Å²) in [5.74, 6) is -2.71. The SMILES string of the molecule is COc1cc(CCNCC(O)n2c(=O)ccc3cccc(O)c32)ccc1OCC(F)(F)c1ccccc1. The number of pyridine rings is 1. The van der Waals surface area contributed by atoms with Gasteiger partial charge >= 0.3 is 5.92 Å². The van der Waals surface area contributed by atoms with E-state index in [4.69, 9.17) is 9.47 Å². The van der Waals surface area contributed by atoms with Crippen molar-refractivity contribution >= 4 is 10.9 Å². The molecule has 0 spiro atoms. The summed E-state index contributed by atoms with van der Waals surface area (Å²) in [6.07, 6.45) is -0.653. The van der Waals surface area contributed by atoms with E-state index in [0.717, 1.165) is 10.1 Å². The van der Waals surface area contributed by atoms with Gasteiger partial charge in [-0.15, -0.1) is 0 Å². The number of nitrogens with one attached hydrogen (secondary N) is 1. The molecule has 37 heavy (non-hydrogen) atoms. The van der Waals surface area contributed by atoms with Gasteiger partial charge in [0.05, 0.1) is 12.6 Å². The maximum Gasteiger partial charge on any atom is 0.306 e. The van der Waals surface area contributed by atoms with Crippen LogP contribution in [-0.2, 0) is 12.3 Å². The number of aliphatic hydroxyl groups is 1. The number of alkyl halides is 2. The standard InChI is InChI=1S/C28H28F2N2O5/c1-36-24-16-19(10-12-23(24)37-18-28(29,30)21-7-3-2-4-8-21)14-15-31-17-26(35)32-25(34)13-11-20-6-5-9-22(33)27(20)32/h2-13,16,26,31,33,35H,14-15,17-18H2,1H3. The Labute approximate surface area is 212 Å². The second-order valence-electron chi connectivity index (χ2n) is 8.54. The fraction of sp³-hybridized carbons (Fsp3) is 0.250. The molecule has 1 unspecified atom stereocenters. The van der Waals surface area contributed by atoms with Crippen LogP contribution in [0.1, 0.15) is 17.4 Å². The molecule has 7 nitrogen and oxygen atoms in total. The van der Waals surface area contributed by atoms with Crippen LogP contribution in [0.5, 0.6) is 17.2 Å². The fourth-order valence-electron chi connectivity index (χ4n) is 4.07. The first-order chi connectivity index (χ1) is 17.8. The molecule has 0 aliphatic heterocycles. The average Bonchev–Trinajstić information content (AvgIpc) is 2.91. The van der Waals surface area contributed by atoms with Gasteiger partial charge in [-0.1, -0.05) is 48.5 Å². The molecule has 1 heterocycles. The Morgan fingerprint density at radius 3 is 2.54 bits per heavy atom. The number of phenolic OH excluding ortho intramolecular Hbond substituents is 1. The number of benzene rings is 3. The first-order valence-corrected chi connectivity index (χ1v) is 11.8. The van der Waals surface area contributed by atoms with Crippen LogP contribution in [-0.4, -0.2) is 41.6 Å². The van der Waals surface area contributed by atoms with E-state index in [1.807, 2.05) is 0 Å². The maximum atomic E-state index is 14.5. The monoisotopic (exact) mass is 510 g/mol. The van der Waals surface area contributed by atoms with Crippen molar-refractivity contribution in [3.8, 4) is 17.2 Å². The van der Waals surface area contributed by atoms with Crippen LogP contribution in [0.3, 0.4) is 0 Å². The molecule has 3 N–H and O–H groups in total. The van der Waals surface area contributed by atoms with E-state index in [1.54, 1.807) is 54.6 Å². The number of fused-ring (bicyclic) bond motifs is 1. The third-order valence-corrected chi connectivity index (χ3v) is 5.98. The number of halogens is 2. The Morgan fingerprint density at radius 2 is 1.78 bits per heavy atom. The smallest absolute Gasteiger partial charge is 0.306 e. The van der Waals surface area contributed by atoms with Crippen molar-refractivity contribution in [2.24, 2.45) is 0 Å². The van der Waals surface area contributed by atoms with Gasteiger partial charge < -0.3 is 25.0 Å². The number of para-hydroxylation sites is 1. The minimum atomic E-state index is -3.15. The van der Waals surface area contributed by atoms with Gasteiger partial charge in [0.1, 0.15) is 12.0 Å². The van der Waals surface area contributed by atoms with Crippen LogP contribution in [0.15, 0.2) is 83.7 Å². The summed E-state index contributed by atoms with van der Waals surface area (Å²) in [6, 6.07) is 20.3. The Morgan fingerprint density at radius 1 is 1.00 bits per heavy atom. The Bertz CT molecular complexity index is 1410. The Balaban J connectivity index is 1.34. The number of aliphatic hydroxyl groups excluding tert-OH is 1. The summed E-state index contributed by atoms with van der Waals surface area (Å²) < 4.78 is 40.8. The minimum Gasteiger partial charge on any atom is -0.506 e. The van der Waals surface area contributed by atoms with E-state index < -0.39 is 24.3 Å². The molecule has 4 aromatic rings. The molecule has 1 aromatic heterocycles. The van der Waals surface area contributed by atoms with E-state index in [9.17, 15) is 23.8 Å². The largest absolute Gasteiger partial charge is 0.506 e. The maximum absolute atomic E-state index is 14.5. The lowest BCUT2D eigenvalue weighted by Gasteiger charge is -2.19. The van der Waals surface area contributed by atoms with Gasteiger partial charge in [0, 0.05) is 23.6 Å². The van der Waals surface area contributed by atoms with Gasteiger partial charge in [0.15, 0.2) is 18.1 Å². The van der Waals surface area contributed by atoms with E-state index in [1.165, 1.54) is 31.4 Å². The lowest BCUT2D eigenvalue weighted by molar-refractivity contribution is -0.0472. The molecular weight excluding hydrogens is 482 g/mol. The van der Waals surface area contributed by atoms with Gasteiger partial charge in [-0.25, -0.2) is 0 Å². The van der Waals surface area contributed by atoms with Crippen molar-refractivity contribution in [1.82, 2.24) is 9.88 Å². The van der Waals surface area contributed by atoms with Crippen LogP contribution in [0.25, 0.3) is 10.9 Å². The van der Waals surface area contributed by atoms with E-state index in [2.05, 4.69) is 5.32 Å². The highest BCUT2D eigenvalue weighted by molar-refractivity contribution is 5.84. The van der Waals surface area contributed by atoms with Crippen molar-refractivity contribution in [3.63, 3.8) is 0 Å². The number of hydrogen-bond donors (Lipinski definition) is 3. The van der Waals surface area contributed by atoms with Gasteiger partial charge in [-0.2, -0.15) is 8.78 Å². The average molecular weight is 511 g/mol. The first kappa shape index (κ1) is 26.1. The Hall–Kier alpha value is -3.95. The third kappa shape index (κ3) is 6.07. The molecular formula is C28H28F2N2O5. The van der Waals surface area contributed by atoms with E-state index in [0.29, 0.717) is 24.1 Å². The number of nitrogens with zero attached hydrogens (tertiary/aromatic N) is 1. The second-order valence-corrected chi connectivity index (χ2v) is 8.54. The highest BCUT2D eigenvalue weighted by Gasteiger charge is 2.32. The topological polar surface area (TPSA) is 93.0 Å². The summed E-state index contributed by atoms with van der Waals surface area (Å²) in [5, 5.41) is 24.6.